The summed E-state index contributed by atoms with van der Waals surface area (Å²) in [4.78, 5) is 14.6. The van der Waals surface area contributed by atoms with E-state index in [9.17, 15) is 17.6 Å². The van der Waals surface area contributed by atoms with Gasteiger partial charge in [-0.15, -0.1) is 0 Å². The summed E-state index contributed by atoms with van der Waals surface area (Å²) in [5.74, 6) is -0.693. The van der Waals surface area contributed by atoms with Crippen LogP contribution in [0.15, 0.2) is 53.4 Å². The van der Waals surface area contributed by atoms with E-state index in [1.807, 2.05) is 0 Å². The Morgan fingerprint density at radius 3 is 2.47 bits per heavy atom. The van der Waals surface area contributed by atoms with E-state index in [1.54, 1.807) is 4.90 Å². The van der Waals surface area contributed by atoms with Gasteiger partial charge in [0.2, 0.25) is 0 Å². The fraction of sp³-hybridized carbons (Fsp3) is 0.381. The van der Waals surface area contributed by atoms with Crippen molar-refractivity contribution in [2.24, 2.45) is 5.92 Å². The number of amides is 1. The molecule has 2 aliphatic rings. The number of ether oxygens (including phenoxy) is 2. The maximum atomic E-state index is 13.8. The second kappa shape index (κ2) is 8.71. The number of nitrogens with one attached hydrogen (secondary N) is 1. The molecule has 2 fully saturated rings. The van der Waals surface area contributed by atoms with Crippen molar-refractivity contribution in [2.75, 3.05) is 31.0 Å². The van der Waals surface area contributed by atoms with Gasteiger partial charge < -0.3 is 14.4 Å². The average Bonchev–Trinajstić information content (AvgIpc) is 3.30. The second-order valence-electron chi connectivity index (χ2n) is 7.37. The summed E-state index contributed by atoms with van der Waals surface area (Å²) in [5.41, 5.74) is 0.266. The molecule has 30 heavy (non-hydrogen) atoms. The van der Waals surface area contributed by atoms with E-state index in [-0.39, 0.29) is 28.7 Å². The van der Waals surface area contributed by atoms with Crippen LogP contribution in [0.25, 0.3) is 0 Å². The first-order valence-electron chi connectivity index (χ1n) is 9.84. The number of likely N-dealkylation sites (tertiary alicyclic amines) is 1. The van der Waals surface area contributed by atoms with E-state index in [1.165, 1.54) is 48.5 Å². The van der Waals surface area contributed by atoms with Crippen molar-refractivity contribution in [2.45, 2.75) is 24.0 Å². The lowest BCUT2D eigenvalue weighted by atomic mass is 9.96. The standard InChI is InChI=1S/C21H23FN2O5S/c22-18-5-1-2-6-19(18)23-30(26,27)17-9-7-15(8-10-17)20(25)24-11-3-4-16(14-24)21-28-12-13-29-21/h1-2,5-10,16,21,23H,3-4,11-14H2. The Bertz CT molecular complexity index is 1010. The number of sulfonamides is 1. The summed E-state index contributed by atoms with van der Waals surface area (Å²) in [7, 11) is -3.97. The lowest BCUT2D eigenvalue weighted by Crippen LogP contribution is -2.43. The fourth-order valence-corrected chi connectivity index (χ4v) is 4.84. The SMILES string of the molecule is O=C(c1ccc(S(=O)(=O)Nc2ccccc2F)cc1)N1CCCC(C2OCCO2)C1. The molecule has 2 aromatic carbocycles. The van der Waals surface area contributed by atoms with Crippen molar-refractivity contribution in [1.29, 1.82) is 0 Å². The lowest BCUT2D eigenvalue weighted by molar-refractivity contribution is -0.0969. The van der Waals surface area contributed by atoms with Crippen molar-refractivity contribution in [3.05, 3.63) is 59.9 Å². The van der Waals surface area contributed by atoms with Gasteiger partial charge in [-0.1, -0.05) is 12.1 Å². The van der Waals surface area contributed by atoms with E-state index in [0.717, 1.165) is 12.8 Å². The van der Waals surface area contributed by atoms with Crippen molar-refractivity contribution in [3.63, 3.8) is 0 Å². The van der Waals surface area contributed by atoms with E-state index in [0.29, 0.717) is 31.9 Å². The quantitative estimate of drug-likeness (QED) is 0.782. The van der Waals surface area contributed by atoms with Crippen LogP contribution >= 0.6 is 0 Å². The Hall–Kier alpha value is -2.49. The van der Waals surface area contributed by atoms with Gasteiger partial charge in [-0.25, -0.2) is 12.8 Å². The molecule has 1 unspecified atom stereocenters. The largest absolute Gasteiger partial charge is 0.350 e. The van der Waals surface area contributed by atoms with E-state index in [4.69, 9.17) is 9.47 Å². The number of halogens is 1. The Labute approximate surface area is 174 Å². The number of carbonyl (C=O) groups is 1. The third kappa shape index (κ3) is 4.48. The molecule has 2 aromatic rings. The smallest absolute Gasteiger partial charge is 0.261 e. The first-order valence-corrected chi connectivity index (χ1v) is 11.3. The van der Waals surface area contributed by atoms with E-state index < -0.39 is 15.8 Å². The van der Waals surface area contributed by atoms with Crippen molar-refractivity contribution in [3.8, 4) is 0 Å². The van der Waals surface area contributed by atoms with Crippen LogP contribution in [-0.4, -0.2) is 51.8 Å². The monoisotopic (exact) mass is 434 g/mol. The zero-order valence-corrected chi connectivity index (χ0v) is 17.1. The summed E-state index contributed by atoms with van der Waals surface area (Å²) >= 11 is 0. The summed E-state index contributed by atoms with van der Waals surface area (Å²) < 4.78 is 52.2. The average molecular weight is 434 g/mol. The molecule has 1 N–H and O–H groups in total. The molecule has 7 nitrogen and oxygen atoms in total. The van der Waals surface area contributed by atoms with Crippen LogP contribution in [0.4, 0.5) is 10.1 Å². The van der Waals surface area contributed by atoms with Crippen LogP contribution < -0.4 is 4.72 Å². The van der Waals surface area contributed by atoms with Gasteiger partial charge in [0.1, 0.15) is 5.82 Å². The summed E-state index contributed by atoms with van der Waals surface area (Å²) in [6.07, 6.45) is 1.53. The maximum absolute atomic E-state index is 13.8. The van der Waals surface area contributed by atoms with Crippen molar-refractivity contribution < 1.29 is 27.1 Å². The highest BCUT2D eigenvalue weighted by Gasteiger charge is 2.33. The Morgan fingerprint density at radius 1 is 1.07 bits per heavy atom. The first-order chi connectivity index (χ1) is 14.4. The number of benzene rings is 2. The second-order valence-corrected chi connectivity index (χ2v) is 9.06. The summed E-state index contributed by atoms with van der Waals surface area (Å²) in [5, 5.41) is 0. The molecule has 0 saturated carbocycles. The third-order valence-electron chi connectivity index (χ3n) is 5.31. The molecule has 4 rings (SSSR count). The number of para-hydroxylation sites is 1. The van der Waals surface area contributed by atoms with Crippen molar-refractivity contribution >= 4 is 21.6 Å². The van der Waals surface area contributed by atoms with Gasteiger partial charge in [0.15, 0.2) is 6.29 Å². The minimum atomic E-state index is -3.97. The van der Waals surface area contributed by atoms with Crippen LogP contribution in [0.1, 0.15) is 23.2 Å². The molecule has 0 aliphatic carbocycles. The molecule has 1 atom stereocenters. The Kier molecular flexibility index (Phi) is 6.03. The first kappa shape index (κ1) is 20.8. The predicted octanol–water partition coefficient (Wildman–Crippen LogP) is 2.85. The zero-order chi connectivity index (χ0) is 21.1. The highest BCUT2D eigenvalue weighted by molar-refractivity contribution is 7.92. The molecule has 0 radical (unpaired) electrons. The maximum Gasteiger partial charge on any atom is 0.261 e. The number of carbonyl (C=O) groups excluding carboxylic acids is 1. The number of hydrogen-bond donors (Lipinski definition) is 1. The fourth-order valence-electron chi connectivity index (χ4n) is 3.77. The Morgan fingerprint density at radius 2 is 1.77 bits per heavy atom. The molecule has 2 aliphatic heterocycles. The van der Waals surface area contributed by atoms with Crippen LogP contribution in [0.5, 0.6) is 0 Å². The Balaban J connectivity index is 1.45. The molecule has 1 amide bonds. The number of hydrogen-bond acceptors (Lipinski definition) is 5. The third-order valence-corrected chi connectivity index (χ3v) is 6.69. The number of piperidine rings is 1. The molecule has 2 heterocycles. The topological polar surface area (TPSA) is 84.9 Å². The molecule has 9 heteroatoms. The molecule has 0 spiro atoms. The molecular formula is C21H23FN2O5S. The van der Waals surface area contributed by atoms with Gasteiger partial charge in [0.25, 0.3) is 15.9 Å². The molecule has 0 aromatic heterocycles. The zero-order valence-electron chi connectivity index (χ0n) is 16.3. The van der Waals surface area contributed by atoms with Gasteiger partial charge >= 0.3 is 0 Å². The molecule has 2 saturated heterocycles. The molecule has 0 bridgehead atoms. The number of rotatable bonds is 5. The van der Waals surface area contributed by atoms with Crippen LogP contribution in [0, 0.1) is 11.7 Å². The van der Waals surface area contributed by atoms with Crippen LogP contribution in [-0.2, 0) is 19.5 Å². The van der Waals surface area contributed by atoms with Crippen LogP contribution in [0.2, 0.25) is 0 Å². The van der Waals surface area contributed by atoms with Gasteiger partial charge in [-0.05, 0) is 49.2 Å². The summed E-state index contributed by atoms with van der Waals surface area (Å²) in [6, 6.07) is 11.2. The normalized spacial score (nSPS) is 20.3. The van der Waals surface area contributed by atoms with Crippen LogP contribution in [0.3, 0.4) is 0 Å². The highest BCUT2D eigenvalue weighted by Crippen LogP contribution is 2.26. The van der Waals surface area contributed by atoms with Gasteiger partial charge in [0.05, 0.1) is 23.8 Å². The molecule has 160 valence electrons. The minimum Gasteiger partial charge on any atom is -0.350 e. The highest BCUT2D eigenvalue weighted by atomic mass is 32.2. The summed E-state index contributed by atoms with van der Waals surface area (Å²) in [6.45, 7) is 2.33. The predicted molar refractivity (Wildman–Crippen MR) is 108 cm³/mol. The van der Waals surface area contributed by atoms with Crippen molar-refractivity contribution in [1.82, 2.24) is 4.90 Å². The number of anilines is 1. The molecular weight excluding hydrogens is 411 g/mol. The van der Waals surface area contributed by atoms with Gasteiger partial charge in [-0.3, -0.25) is 9.52 Å². The van der Waals surface area contributed by atoms with Gasteiger partial charge in [-0.2, -0.15) is 0 Å². The number of nitrogens with zero attached hydrogens (tertiary/aromatic N) is 1. The minimum absolute atomic E-state index is 0.0495. The van der Waals surface area contributed by atoms with Gasteiger partial charge in [0, 0.05) is 24.6 Å². The lowest BCUT2D eigenvalue weighted by Gasteiger charge is -2.34. The van der Waals surface area contributed by atoms with E-state index >= 15 is 0 Å². The van der Waals surface area contributed by atoms with E-state index in [2.05, 4.69) is 4.72 Å².